The molecule has 1 saturated carbocycles. The zero-order valence-corrected chi connectivity index (χ0v) is 23.4. The highest BCUT2D eigenvalue weighted by atomic mass is 32.2. The number of fused-ring (bicyclic) bond motifs is 1. The number of nitrogens with one attached hydrogen (secondary N) is 1. The fraction of sp³-hybridized carbons (Fsp3) is 0.483. The van der Waals surface area contributed by atoms with E-state index in [1.807, 2.05) is 25.1 Å². The van der Waals surface area contributed by atoms with Crippen molar-refractivity contribution in [3.8, 4) is 17.6 Å². The number of amides is 2. The standard InChI is InChI=1S/C29H37N3O6S/c1-21-18-32(22(2)20-33)39(36,37)27-12-11-23(13-16-29(35)14-7-8-15-29)17-25(27)38-26(21)19-31(3)28(34)30-24-9-5-4-6-10-24/h4-6,9-12,17,21-22,26,33,35H,7-8,14-15,18-20H2,1-3H3,(H,30,34)/t21-,22+,26+/m0/s1. The van der Waals surface area contributed by atoms with Gasteiger partial charge in [0.25, 0.3) is 0 Å². The molecule has 0 bridgehead atoms. The number of sulfonamides is 1. The Morgan fingerprint density at radius 2 is 1.92 bits per heavy atom. The number of carbonyl (C=O) groups is 1. The molecule has 0 unspecified atom stereocenters. The van der Waals surface area contributed by atoms with Crippen molar-refractivity contribution in [2.24, 2.45) is 5.92 Å². The first-order valence-electron chi connectivity index (χ1n) is 13.3. The first kappa shape index (κ1) is 28.9. The lowest BCUT2D eigenvalue weighted by Gasteiger charge is -2.37. The molecule has 4 rings (SSSR count). The second kappa shape index (κ2) is 12.0. The number of nitrogens with zero attached hydrogens (tertiary/aromatic N) is 2. The minimum Gasteiger partial charge on any atom is -0.487 e. The summed E-state index contributed by atoms with van der Waals surface area (Å²) in [5.74, 6) is 5.76. The van der Waals surface area contributed by atoms with Crippen molar-refractivity contribution >= 4 is 21.7 Å². The van der Waals surface area contributed by atoms with Gasteiger partial charge in [0.05, 0.1) is 13.2 Å². The molecule has 0 aromatic heterocycles. The average Bonchev–Trinajstić information content (AvgIpc) is 3.36. The quantitative estimate of drug-likeness (QED) is 0.488. The van der Waals surface area contributed by atoms with Gasteiger partial charge >= 0.3 is 6.03 Å². The number of para-hydroxylation sites is 1. The molecule has 1 aliphatic heterocycles. The summed E-state index contributed by atoms with van der Waals surface area (Å²) in [6.45, 7) is 3.48. The molecule has 1 aliphatic carbocycles. The van der Waals surface area contributed by atoms with E-state index < -0.39 is 27.8 Å². The second-order valence-electron chi connectivity index (χ2n) is 10.6. The summed E-state index contributed by atoms with van der Waals surface area (Å²) < 4.78 is 35.0. The molecular weight excluding hydrogens is 518 g/mol. The average molecular weight is 556 g/mol. The molecule has 0 radical (unpaired) electrons. The van der Waals surface area contributed by atoms with Gasteiger partial charge in [-0.1, -0.05) is 37.0 Å². The van der Waals surface area contributed by atoms with Crippen molar-refractivity contribution in [2.75, 3.05) is 32.1 Å². The summed E-state index contributed by atoms with van der Waals surface area (Å²) in [5.41, 5.74) is 0.150. The number of likely N-dealkylation sites (N-methyl/N-ethyl adjacent to an activating group) is 1. The molecule has 2 aromatic carbocycles. The van der Waals surface area contributed by atoms with Crippen LogP contribution in [-0.2, 0) is 10.0 Å². The van der Waals surface area contributed by atoms with E-state index >= 15 is 0 Å². The molecule has 0 spiro atoms. The summed E-state index contributed by atoms with van der Waals surface area (Å²) >= 11 is 0. The molecule has 210 valence electrons. The molecule has 2 aliphatic rings. The van der Waals surface area contributed by atoms with E-state index in [0.29, 0.717) is 24.1 Å². The van der Waals surface area contributed by atoms with Crippen LogP contribution in [0.15, 0.2) is 53.4 Å². The summed E-state index contributed by atoms with van der Waals surface area (Å²) in [6, 6.07) is 12.8. The van der Waals surface area contributed by atoms with Gasteiger partial charge in [0.15, 0.2) is 0 Å². The van der Waals surface area contributed by atoms with E-state index in [-0.39, 0.29) is 42.3 Å². The fourth-order valence-electron chi connectivity index (χ4n) is 4.89. The van der Waals surface area contributed by atoms with E-state index in [2.05, 4.69) is 17.2 Å². The Morgan fingerprint density at radius 3 is 2.59 bits per heavy atom. The van der Waals surface area contributed by atoms with Gasteiger partial charge < -0.3 is 25.2 Å². The summed E-state index contributed by atoms with van der Waals surface area (Å²) in [7, 11) is -2.34. The van der Waals surface area contributed by atoms with Crippen LogP contribution in [0.2, 0.25) is 0 Å². The van der Waals surface area contributed by atoms with Crippen LogP contribution in [0.1, 0.15) is 45.1 Å². The van der Waals surface area contributed by atoms with Crippen LogP contribution in [-0.4, -0.2) is 78.4 Å². The lowest BCUT2D eigenvalue weighted by Crippen LogP contribution is -2.50. The Balaban J connectivity index is 1.66. The molecule has 1 fully saturated rings. The van der Waals surface area contributed by atoms with E-state index in [1.165, 1.54) is 15.3 Å². The van der Waals surface area contributed by atoms with Crippen LogP contribution >= 0.6 is 0 Å². The van der Waals surface area contributed by atoms with Crippen LogP contribution in [0.4, 0.5) is 10.5 Å². The number of aliphatic hydroxyl groups excluding tert-OH is 1. The Hall–Kier alpha value is -3.10. The van der Waals surface area contributed by atoms with Crippen LogP contribution in [0.25, 0.3) is 0 Å². The maximum atomic E-state index is 13.7. The highest BCUT2D eigenvalue weighted by molar-refractivity contribution is 7.89. The lowest BCUT2D eigenvalue weighted by atomic mass is 10.0. The zero-order chi connectivity index (χ0) is 28.2. The smallest absolute Gasteiger partial charge is 0.321 e. The number of carbonyl (C=O) groups excluding carboxylic acids is 1. The summed E-state index contributed by atoms with van der Waals surface area (Å²) in [4.78, 5) is 14.4. The van der Waals surface area contributed by atoms with Crippen molar-refractivity contribution < 1.29 is 28.2 Å². The molecule has 3 N–H and O–H groups in total. The first-order valence-corrected chi connectivity index (χ1v) is 14.7. The SMILES string of the molecule is C[C@H](CO)N1C[C@H](C)[C@@H](CN(C)C(=O)Nc2ccccc2)Oc2cc(C#CC3(O)CCCC3)ccc2S1(=O)=O. The van der Waals surface area contributed by atoms with Crippen LogP contribution in [0.5, 0.6) is 5.75 Å². The third kappa shape index (κ3) is 6.73. The molecule has 1 heterocycles. The highest BCUT2D eigenvalue weighted by Crippen LogP contribution is 2.34. The maximum Gasteiger partial charge on any atom is 0.321 e. The van der Waals surface area contributed by atoms with Crippen LogP contribution < -0.4 is 10.1 Å². The number of urea groups is 1. The van der Waals surface area contributed by atoms with Crippen molar-refractivity contribution in [3.05, 3.63) is 54.1 Å². The predicted molar refractivity (Wildman–Crippen MR) is 149 cm³/mol. The minimum absolute atomic E-state index is 0.0266. The molecular formula is C29H37N3O6S. The van der Waals surface area contributed by atoms with Crippen molar-refractivity contribution in [3.63, 3.8) is 0 Å². The molecule has 2 aromatic rings. The van der Waals surface area contributed by atoms with Gasteiger partial charge in [0.2, 0.25) is 10.0 Å². The number of aliphatic hydroxyl groups is 2. The van der Waals surface area contributed by atoms with Crippen molar-refractivity contribution in [2.45, 2.75) is 62.2 Å². The fourth-order valence-corrected chi connectivity index (χ4v) is 6.71. The Kier molecular flexibility index (Phi) is 8.86. The van der Waals surface area contributed by atoms with Crippen molar-refractivity contribution in [1.29, 1.82) is 0 Å². The number of anilines is 1. The van der Waals surface area contributed by atoms with E-state index in [9.17, 15) is 23.4 Å². The van der Waals surface area contributed by atoms with Gasteiger partial charge in [-0.2, -0.15) is 4.31 Å². The summed E-state index contributed by atoms with van der Waals surface area (Å²) in [6.07, 6.45) is 2.50. The van der Waals surface area contributed by atoms with Gasteiger partial charge in [-0.05, 0) is 62.9 Å². The Bertz CT molecular complexity index is 1330. The van der Waals surface area contributed by atoms with E-state index in [1.54, 1.807) is 38.2 Å². The van der Waals surface area contributed by atoms with Gasteiger partial charge in [0, 0.05) is 36.8 Å². The molecule has 0 saturated heterocycles. The topological polar surface area (TPSA) is 119 Å². The highest BCUT2D eigenvalue weighted by Gasteiger charge is 2.38. The number of rotatable bonds is 5. The molecule has 3 atom stereocenters. The Labute approximate surface area is 230 Å². The number of hydrogen-bond donors (Lipinski definition) is 3. The number of benzene rings is 2. The molecule has 39 heavy (non-hydrogen) atoms. The molecule has 2 amide bonds. The van der Waals surface area contributed by atoms with Crippen LogP contribution in [0.3, 0.4) is 0 Å². The maximum absolute atomic E-state index is 13.7. The second-order valence-corrected chi connectivity index (χ2v) is 12.4. The van der Waals surface area contributed by atoms with Crippen molar-refractivity contribution in [1.82, 2.24) is 9.21 Å². The van der Waals surface area contributed by atoms with Gasteiger partial charge in [0.1, 0.15) is 22.4 Å². The third-order valence-electron chi connectivity index (χ3n) is 7.36. The zero-order valence-electron chi connectivity index (χ0n) is 22.6. The third-order valence-corrected chi connectivity index (χ3v) is 9.38. The van der Waals surface area contributed by atoms with Crippen LogP contribution in [0, 0.1) is 17.8 Å². The monoisotopic (exact) mass is 555 g/mol. The van der Waals surface area contributed by atoms with E-state index in [0.717, 1.165) is 12.8 Å². The Morgan fingerprint density at radius 1 is 1.23 bits per heavy atom. The lowest BCUT2D eigenvalue weighted by molar-refractivity contribution is 0.0830. The summed E-state index contributed by atoms with van der Waals surface area (Å²) in [5, 5.41) is 23.3. The predicted octanol–water partition coefficient (Wildman–Crippen LogP) is 3.28. The van der Waals surface area contributed by atoms with E-state index in [4.69, 9.17) is 4.74 Å². The van der Waals surface area contributed by atoms with Gasteiger partial charge in [-0.25, -0.2) is 13.2 Å². The largest absolute Gasteiger partial charge is 0.487 e. The van der Waals surface area contributed by atoms with Gasteiger partial charge in [-0.3, -0.25) is 0 Å². The number of ether oxygens (including phenoxy) is 1. The minimum atomic E-state index is -4.00. The first-order chi connectivity index (χ1) is 18.5. The normalized spacial score (nSPS) is 22.7. The molecule has 10 heteroatoms. The van der Waals surface area contributed by atoms with Gasteiger partial charge in [-0.15, -0.1) is 0 Å². The number of hydrogen-bond acceptors (Lipinski definition) is 6. The molecule has 9 nitrogen and oxygen atoms in total.